The second-order valence-corrected chi connectivity index (χ2v) is 4.91. The molecule has 0 saturated heterocycles. The molecule has 17 heavy (non-hydrogen) atoms. The number of hydrogen-bond acceptors (Lipinski definition) is 4. The average molecular weight is 243 g/mol. The highest BCUT2D eigenvalue weighted by Gasteiger charge is 2.14. The minimum atomic E-state index is 0.923. The van der Waals surface area contributed by atoms with Crippen LogP contribution in [0, 0.1) is 0 Å². The van der Waals surface area contributed by atoms with Gasteiger partial charge in [-0.3, -0.25) is 4.98 Å². The second kappa shape index (κ2) is 4.67. The highest BCUT2D eigenvalue weighted by molar-refractivity contribution is 7.11. The third-order valence-electron chi connectivity index (χ3n) is 2.92. The zero-order valence-corrected chi connectivity index (χ0v) is 10.2. The molecular weight excluding hydrogens is 230 g/mol. The molecule has 0 unspecified atom stereocenters. The van der Waals surface area contributed by atoms with Gasteiger partial charge in [0, 0.05) is 30.4 Å². The van der Waals surface area contributed by atoms with E-state index in [1.807, 2.05) is 17.5 Å². The molecule has 3 rings (SSSR count). The number of hydrogen-bond donors (Lipinski definition) is 0. The summed E-state index contributed by atoms with van der Waals surface area (Å²) in [4.78, 5) is 12.1. The van der Waals surface area contributed by atoms with E-state index in [4.69, 9.17) is 0 Å². The fourth-order valence-electron chi connectivity index (χ4n) is 2.02. The van der Waals surface area contributed by atoms with Gasteiger partial charge in [-0.2, -0.15) is 0 Å². The third kappa shape index (κ3) is 2.22. The quantitative estimate of drug-likeness (QED) is 0.812. The SMILES string of the molecule is C1=C(c2cccs2)CCN(c2cnccn2)C1. The Morgan fingerprint density at radius 2 is 2.29 bits per heavy atom. The molecule has 0 aromatic carbocycles. The first kappa shape index (κ1) is 10.5. The van der Waals surface area contributed by atoms with E-state index in [0.29, 0.717) is 0 Å². The van der Waals surface area contributed by atoms with Crippen LogP contribution in [0.2, 0.25) is 0 Å². The molecule has 0 aliphatic carbocycles. The van der Waals surface area contributed by atoms with E-state index in [0.717, 1.165) is 25.3 Å². The van der Waals surface area contributed by atoms with Crippen LogP contribution in [-0.2, 0) is 0 Å². The Bertz CT molecular complexity index is 505. The summed E-state index contributed by atoms with van der Waals surface area (Å²) >= 11 is 1.81. The maximum atomic E-state index is 4.33. The van der Waals surface area contributed by atoms with Crippen LogP contribution in [0.1, 0.15) is 11.3 Å². The fraction of sp³-hybridized carbons (Fsp3) is 0.231. The van der Waals surface area contributed by atoms with Gasteiger partial charge in [0.1, 0.15) is 5.82 Å². The van der Waals surface area contributed by atoms with E-state index < -0.39 is 0 Å². The molecule has 4 heteroatoms. The Hall–Kier alpha value is -1.68. The molecule has 2 aromatic heterocycles. The maximum Gasteiger partial charge on any atom is 0.147 e. The molecule has 0 N–H and O–H groups in total. The molecular formula is C13H13N3S. The summed E-state index contributed by atoms with van der Waals surface area (Å²) in [5, 5.41) is 2.13. The molecule has 0 amide bonds. The predicted octanol–water partition coefficient (Wildman–Crippen LogP) is 2.83. The van der Waals surface area contributed by atoms with Crippen LogP contribution in [0.25, 0.3) is 5.57 Å². The van der Waals surface area contributed by atoms with Gasteiger partial charge in [0.25, 0.3) is 0 Å². The van der Waals surface area contributed by atoms with Crippen molar-refractivity contribution in [3.8, 4) is 0 Å². The Balaban J connectivity index is 1.76. The normalized spacial score (nSPS) is 15.8. The van der Waals surface area contributed by atoms with Gasteiger partial charge >= 0.3 is 0 Å². The van der Waals surface area contributed by atoms with Crippen molar-refractivity contribution in [1.29, 1.82) is 0 Å². The highest BCUT2D eigenvalue weighted by atomic mass is 32.1. The molecule has 1 aliphatic heterocycles. The highest BCUT2D eigenvalue weighted by Crippen LogP contribution is 2.27. The third-order valence-corrected chi connectivity index (χ3v) is 3.87. The van der Waals surface area contributed by atoms with Crippen LogP contribution < -0.4 is 4.90 Å². The first-order valence-corrected chi connectivity index (χ1v) is 6.55. The van der Waals surface area contributed by atoms with Crippen LogP contribution in [0.4, 0.5) is 5.82 Å². The average Bonchev–Trinajstić information content (AvgIpc) is 2.94. The molecule has 3 nitrogen and oxygen atoms in total. The van der Waals surface area contributed by atoms with Gasteiger partial charge in [-0.1, -0.05) is 12.1 Å². The van der Waals surface area contributed by atoms with Gasteiger partial charge in [0.05, 0.1) is 6.20 Å². The number of nitrogens with zero attached hydrogens (tertiary/aromatic N) is 3. The molecule has 1 aliphatic rings. The summed E-state index contributed by atoms with van der Waals surface area (Å²) in [6, 6.07) is 4.30. The van der Waals surface area contributed by atoms with Crippen LogP contribution in [-0.4, -0.2) is 23.1 Å². The molecule has 86 valence electrons. The van der Waals surface area contributed by atoms with Gasteiger partial charge in [0.2, 0.25) is 0 Å². The minimum Gasteiger partial charge on any atom is -0.351 e. The summed E-state index contributed by atoms with van der Waals surface area (Å²) in [6.07, 6.45) is 8.65. The van der Waals surface area contributed by atoms with Gasteiger partial charge in [-0.25, -0.2) is 4.98 Å². The summed E-state index contributed by atoms with van der Waals surface area (Å²) in [5.41, 5.74) is 1.46. The molecule has 0 saturated carbocycles. The first-order chi connectivity index (χ1) is 8.43. The molecule has 0 bridgehead atoms. The number of thiophene rings is 1. The van der Waals surface area contributed by atoms with Gasteiger partial charge in [-0.05, 0) is 23.4 Å². The summed E-state index contributed by atoms with van der Waals surface area (Å²) < 4.78 is 0. The standard InChI is InChI=1S/C13H13N3S/c1-2-12(17-9-1)11-3-7-16(8-4-11)13-10-14-5-6-15-13/h1-3,5-6,9-10H,4,7-8H2. The van der Waals surface area contributed by atoms with E-state index in [1.54, 1.807) is 12.4 Å². The zero-order chi connectivity index (χ0) is 11.5. The topological polar surface area (TPSA) is 29.0 Å². The van der Waals surface area contributed by atoms with E-state index in [2.05, 4.69) is 38.5 Å². The van der Waals surface area contributed by atoms with Crippen LogP contribution >= 0.6 is 11.3 Å². The minimum absolute atomic E-state index is 0.923. The Labute approximate surface area is 104 Å². The van der Waals surface area contributed by atoms with E-state index in [9.17, 15) is 0 Å². The van der Waals surface area contributed by atoms with E-state index in [1.165, 1.54) is 10.5 Å². The summed E-state index contributed by atoms with van der Waals surface area (Å²) in [5.74, 6) is 0.967. The van der Waals surface area contributed by atoms with Crippen molar-refractivity contribution in [2.75, 3.05) is 18.0 Å². The van der Waals surface area contributed by atoms with Gasteiger partial charge in [-0.15, -0.1) is 11.3 Å². The lowest BCUT2D eigenvalue weighted by Crippen LogP contribution is -2.28. The number of rotatable bonds is 2. The molecule has 2 aromatic rings. The van der Waals surface area contributed by atoms with Gasteiger partial charge in [0.15, 0.2) is 0 Å². The molecule has 0 fully saturated rings. The summed E-state index contributed by atoms with van der Waals surface area (Å²) in [7, 11) is 0. The van der Waals surface area contributed by atoms with Crippen molar-refractivity contribution in [2.24, 2.45) is 0 Å². The lowest BCUT2D eigenvalue weighted by atomic mass is 10.1. The lowest BCUT2D eigenvalue weighted by molar-refractivity contribution is 0.813. The molecule has 0 atom stereocenters. The van der Waals surface area contributed by atoms with Crippen molar-refractivity contribution >= 4 is 22.7 Å². The van der Waals surface area contributed by atoms with Crippen molar-refractivity contribution in [2.45, 2.75) is 6.42 Å². The Kier molecular flexibility index (Phi) is 2.88. The maximum absolute atomic E-state index is 4.33. The van der Waals surface area contributed by atoms with Crippen LogP contribution in [0.3, 0.4) is 0 Å². The number of anilines is 1. The Morgan fingerprint density at radius 1 is 1.29 bits per heavy atom. The monoisotopic (exact) mass is 243 g/mol. The lowest BCUT2D eigenvalue weighted by Gasteiger charge is -2.26. The van der Waals surface area contributed by atoms with Gasteiger partial charge < -0.3 is 4.90 Å². The molecule has 3 heterocycles. The predicted molar refractivity (Wildman–Crippen MR) is 71.2 cm³/mol. The number of aromatic nitrogens is 2. The van der Waals surface area contributed by atoms with Crippen molar-refractivity contribution < 1.29 is 0 Å². The first-order valence-electron chi connectivity index (χ1n) is 5.67. The fourth-order valence-corrected chi connectivity index (χ4v) is 2.81. The molecule has 0 radical (unpaired) electrons. The largest absolute Gasteiger partial charge is 0.351 e. The van der Waals surface area contributed by atoms with E-state index in [-0.39, 0.29) is 0 Å². The molecule has 0 spiro atoms. The van der Waals surface area contributed by atoms with Crippen molar-refractivity contribution in [3.05, 3.63) is 47.1 Å². The zero-order valence-electron chi connectivity index (χ0n) is 9.41. The van der Waals surface area contributed by atoms with Crippen LogP contribution in [0.5, 0.6) is 0 Å². The van der Waals surface area contributed by atoms with Crippen LogP contribution in [0.15, 0.2) is 42.2 Å². The van der Waals surface area contributed by atoms with E-state index >= 15 is 0 Å². The smallest absolute Gasteiger partial charge is 0.147 e. The Morgan fingerprint density at radius 3 is 2.94 bits per heavy atom. The van der Waals surface area contributed by atoms with Crippen molar-refractivity contribution in [3.63, 3.8) is 0 Å². The van der Waals surface area contributed by atoms with Crippen molar-refractivity contribution in [1.82, 2.24) is 9.97 Å². The summed E-state index contributed by atoms with van der Waals surface area (Å²) in [6.45, 7) is 1.94. The second-order valence-electron chi connectivity index (χ2n) is 3.97.